The van der Waals surface area contributed by atoms with Gasteiger partial charge in [-0.05, 0) is 31.0 Å². The van der Waals surface area contributed by atoms with Crippen molar-refractivity contribution in [1.82, 2.24) is 24.6 Å². The van der Waals surface area contributed by atoms with Crippen LogP contribution in [0.15, 0.2) is 73.1 Å². The quantitative estimate of drug-likeness (QED) is 0.510. The number of hydrogen-bond acceptors (Lipinski definition) is 6. The Morgan fingerprint density at radius 2 is 1.36 bits per heavy atom. The number of aryl methyl sites for hydroxylation is 2. The fourth-order valence-electron chi connectivity index (χ4n) is 4.72. The number of nitrogens with zero attached hydrogens (tertiary/aromatic N) is 6. The van der Waals surface area contributed by atoms with Gasteiger partial charge in [-0.2, -0.15) is 5.10 Å². The van der Waals surface area contributed by atoms with Crippen LogP contribution < -0.4 is 10.6 Å². The van der Waals surface area contributed by atoms with Crippen molar-refractivity contribution in [2.24, 2.45) is 0 Å². The van der Waals surface area contributed by atoms with Gasteiger partial charge in [-0.25, -0.2) is 14.6 Å². The van der Waals surface area contributed by atoms with Crippen LogP contribution in [0.2, 0.25) is 0 Å². The first-order chi connectivity index (χ1) is 16.1. The van der Waals surface area contributed by atoms with Crippen LogP contribution in [0.25, 0.3) is 5.82 Å². The highest BCUT2D eigenvalue weighted by molar-refractivity contribution is 5.70. The zero-order valence-corrected chi connectivity index (χ0v) is 19.1. The number of anilines is 2. The third-order valence-corrected chi connectivity index (χ3v) is 6.26. The van der Waals surface area contributed by atoms with Crippen molar-refractivity contribution in [3.8, 4) is 5.82 Å². The average Bonchev–Trinajstić information content (AvgIpc) is 3.19. The van der Waals surface area contributed by atoms with Crippen LogP contribution in [0.3, 0.4) is 0 Å². The monoisotopic (exact) mass is 439 g/mol. The lowest BCUT2D eigenvalue weighted by Crippen LogP contribution is -2.48. The van der Waals surface area contributed by atoms with Gasteiger partial charge >= 0.3 is 0 Å². The Morgan fingerprint density at radius 3 is 1.91 bits per heavy atom. The van der Waals surface area contributed by atoms with Crippen LogP contribution in [0.1, 0.15) is 28.6 Å². The zero-order valence-electron chi connectivity index (χ0n) is 19.1. The Hall–Kier alpha value is -3.71. The molecule has 2 N–H and O–H groups in total. The van der Waals surface area contributed by atoms with Crippen LogP contribution >= 0.6 is 0 Å². The number of nitrogens with two attached hydrogens (primary N) is 1. The summed E-state index contributed by atoms with van der Waals surface area (Å²) in [5, 5.41) is 4.55. The van der Waals surface area contributed by atoms with Gasteiger partial charge < -0.3 is 10.6 Å². The summed E-state index contributed by atoms with van der Waals surface area (Å²) in [7, 11) is 0. The predicted octanol–water partition coefficient (Wildman–Crippen LogP) is 3.77. The fraction of sp³-hybridized carbons (Fsp3) is 0.269. The first-order valence-electron chi connectivity index (χ1n) is 11.3. The fourth-order valence-corrected chi connectivity index (χ4v) is 4.72. The molecule has 3 heterocycles. The first-order valence-corrected chi connectivity index (χ1v) is 11.3. The summed E-state index contributed by atoms with van der Waals surface area (Å²) in [5.41, 5.74) is 11.7. The third-order valence-electron chi connectivity index (χ3n) is 6.26. The van der Waals surface area contributed by atoms with Gasteiger partial charge in [0.25, 0.3) is 0 Å². The molecule has 0 unspecified atom stereocenters. The Morgan fingerprint density at radius 1 is 0.788 bits per heavy atom. The molecule has 1 aliphatic heterocycles. The predicted molar refractivity (Wildman–Crippen MR) is 132 cm³/mol. The van der Waals surface area contributed by atoms with Gasteiger partial charge in [0.1, 0.15) is 12.0 Å². The molecule has 2 aromatic heterocycles. The van der Waals surface area contributed by atoms with Crippen molar-refractivity contribution in [3.63, 3.8) is 0 Å². The summed E-state index contributed by atoms with van der Waals surface area (Å²) in [6, 6.07) is 23.7. The maximum atomic E-state index is 6.56. The van der Waals surface area contributed by atoms with E-state index in [1.54, 1.807) is 11.0 Å². The smallest absolute Gasteiger partial charge is 0.182 e. The van der Waals surface area contributed by atoms with Gasteiger partial charge in [-0.3, -0.25) is 4.90 Å². The van der Waals surface area contributed by atoms with Crippen molar-refractivity contribution in [3.05, 3.63) is 95.6 Å². The molecule has 4 aromatic rings. The van der Waals surface area contributed by atoms with Crippen LogP contribution in [-0.4, -0.2) is 50.8 Å². The summed E-state index contributed by atoms with van der Waals surface area (Å²) in [5.74, 6) is 1.42. The van der Waals surface area contributed by atoms with Crippen molar-refractivity contribution >= 4 is 11.5 Å². The van der Waals surface area contributed by atoms with Gasteiger partial charge in [-0.15, -0.1) is 0 Å². The second-order valence-electron chi connectivity index (χ2n) is 8.52. The molecule has 2 aromatic carbocycles. The normalized spacial score (nSPS) is 14.7. The Balaban J connectivity index is 1.39. The minimum absolute atomic E-state index is 0.225. The number of hydrogen-bond donors (Lipinski definition) is 1. The molecule has 7 heteroatoms. The topological polar surface area (TPSA) is 76.1 Å². The van der Waals surface area contributed by atoms with Gasteiger partial charge in [0.15, 0.2) is 11.6 Å². The van der Waals surface area contributed by atoms with E-state index in [-0.39, 0.29) is 6.04 Å². The Kier molecular flexibility index (Phi) is 5.79. The highest BCUT2D eigenvalue weighted by atomic mass is 15.3. The molecule has 1 fully saturated rings. The molecule has 0 spiro atoms. The maximum Gasteiger partial charge on any atom is 0.182 e. The number of nitrogen functional groups attached to an aromatic ring is 1. The van der Waals surface area contributed by atoms with Crippen LogP contribution in [-0.2, 0) is 0 Å². The second-order valence-corrected chi connectivity index (χ2v) is 8.52. The molecular weight excluding hydrogens is 410 g/mol. The zero-order chi connectivity index (χ0) is 22.8. The van der Waals surface area contributed by atoms with Gasteiger partial charge in [-0.1, -0.05) is 60.7 Å². The highest BCUT2D eigenvalue weighted by Crippen LogP contribution is 2.32. The van der Waals surface area contributed by atoms with E-state index < -0.39 is 0 Å². The van der Waals surface area contributed by atoms with Crippen molar-refractivity contribution in [1.29, 1.82) is 0 Å². The lowest BCUT2D eigenvalue weighted by Gasteiger charge is -2.40. The third kappa shape index (κ3) is 4.19. The molecule has 5 rings (SSSR count). The summed E-state index contributed by atoms with van der Waals surface area (Å²) in [6.07, 6.45) is 1.58. The largest absolute Gasteiger partial charge is 0.393 e. The Bertz CT molecular complexity index is 1170. The van der Waals surface area contributed by atoms with Gasteiger partial charge in [0.05, 0.1) is 11.7 Å². The van der Waals surface area contributed by atoms with Crippen LogP contribution in [0.4, 0.5) is 11.5 Å². The molecule has 0 aliphatic carbocycles. The molecule has 0 radical (unpaired) electrons. The van der Waals surface area contributed by atoms with Crippen molar-refractivity contribution < 1.29 is 0 Å². The number of rotatable bonds is 5. The summed E-state index contributed by atoms with van der Waals surface area (Å²) < 4.78 is 1.80. The standard InChI is InChI=1S/C26H29N7/c1-19-17-20(2)33(30-19)26-23(27)25(28-18-29-26)32-15-13-31(14-16-32)24(21-9-5-3-6-10-21)22-11-7-4-8-12-22/h3-12,17-18,24H,13-16,27H2,1-2H3. The van der Waals surface area contributed by atoms with Gasteiger partial charge in [0.2, 0.25) is 0 Å². The molecule has 7 nitrogen and oxygen atoms in total. The molecule has 1 saturated heterocycles. The molecule has 33 heavy (non-hydrogen) atoms. The summed E-state index contributed by atoms with van der Waals surface area (Å²) in [4.78, 5) is 13.8. The van der Waals surface area contributed by atoms with Gasteiger partial charge in [0, 0.05) is 31.9 Å². The van der Waals surface area contributed by atoms with Crippen LogP contribution in [0.5, 0.6) is 0 Å². The van der Waals surface area contributed by atoms with Crippen molar-refractivity contribution in [2.75, 3.05) is 36.8 Å². The minimum Gasteiger partial charge on any atom is -0.393 e. The molecule has 1 aliphatic rings. The van der Waals surface area contributed by atoms with Crippen molar-refractivity contribution in [2.45, 2.75) is 19.9 Å². The number of aromatic nitrogens is 4. The maximum absolute atomic E-state index is 6.56. The van der Waals surface area contributed by atoms with E-state index in [1.165, 1.54) is 11.1 Å². The Labute approximate surface area is 194 Å². The van der Waals surface area contributed by atoms with E-state index in [9.17, 15) is 0 Å². The van der Waals surface area contributed by atoms with E-state index >= 15 is 0 Å². The molecule has 0 amide bonds. The van der Waals surface area contributed by atoms with E-state index in [2.05, 4.69) is 85.5 Å². The SMILES string of the molecule is Cc1cc(C)n(-c2ncnc(N3CCN(C(c4ccccc4)c4ccccc4)CC3)c2N)n1. The molecule has 0 saturated carbocycles. The first kappa shape index (κ1) is 21.2. The van der Waals surface area contributed by atoms with Crippen LogP contribution in [0, 0.1) is 13.8 Å². The number of piperazine rings is 1. The van der Waals surface area contributed by atoms with E-state index in [4.69, 9.17) is 5.73 Å². The second kappa shape index (κ2) is 9.03. The lowest BCUT2D eigenvalue weighted by molar-refractivity contribution is 0.212. The van der Waals surface area contributed by atoms with E-state index in [0.29, 0.717) is 11.5 Å². The summed E-state index contributed by atoms with van der Waals surface area (Å²) in [6.45, 7) is 7.48. The molecule has 168 valence electrons. The highest BCUT2D eigenvalue weighted by Gasteiger charge is 2.28. The summed E-state index contributed by atoms with van der Waals surface area (Å²) >= 11 is 0. The average molecular weight is 440 g/mol. The number of benzene rings is 2. The molecular formula is C26H29N7. The molecule has 0 bridgehead atoms. The van der Waals surface area contributed by atoms with E-state index in [0.717, 1.165) is 43.4 Å². The van der Waals surface area contributed by atoms with E-state index in [1.807, 2.05) is 19.9 Å². The lowest BCUT2D eigenvalue weighted by atomic mass is 9.96. The minimum atomic E-state index is 0.225. The molecule has 0 atom stereocenters.